The molecule has 0 aliphatic rings. The molecule has 4 heteroatoms. The van der Waals surface area contributed by atoms with Gasteiger partial charge in [0.05, 0.1) is 5.56 Å². The number of Topliss-reactive ketones (excluding diaryl/α,β-unsaturated/α-hetero) is 1. The maximum atomic E-state index is 13.2. The van der Waals surface area contributed by atoms with Crippen molar-refractivity contribution >= 4 is 5.78 Å². The Labute approximate surface area is 117 Å². The summed E-state index contributed by atoms with van der Waals surface area (Å²) < 4.78 is 24.0. The number of ether oxygens (including phenoxy) is 2. The molecule has 0 spiro atoms. The van der Waals surface area contributed by atoms with Crippen LogP contribution in [0.3, 0.4) is 0 Å². The highest BCUT2D eigenvalue weighted by Crippen LogP contribution is 2.20. The van der Waals surface area contributed by atoms with Crippen LogP contribution in [0, 0.1) is 5.82 Å². The highest BCUT2D eigenvalue weighted by atomic mass is 19.1. The van der Waals surface area contributed by atoms with E-state index in [2.05, 4.69) is 0 Å². The van der Waals surface area contributed by atoms with E-state index in [9.17, 15) is 9.18 Å². The SMILES string of the molecule is CC(=O)c1ccc(F)cc1OCCOc1ccccc1. The van der Waals surface area contributed by atoms with Crippen LogP contribution in [0.1, 0.15) is 17.3 Å². The van der Waals surface area contributed by atoms with E-state index in [1.165, 1.54) is 25.1 Å². The van der Waals surface area contributed by atoms with Gasteiger partial charge in [-0.3, -0.25) is 4.79 Å². The fourth-order valence-corrected chi connectivity index (χ4v) is 1.73. The molecule has 0 aliphatic heterocycles. The minimum atomic E-state index is -0.436. The summed E-state index contributed by atoms with van der Waals surface area (Å²) in [5, 5.41) is 0. The molecule has 2 aromatic rings. The number of rotatable bonds is 6. The van der Waals surface area contributed by atoms with Gasteiger partial charge in [-0.2, -0.15) is 0 Å². The zero-order chi connectivity index (χ0) is 14.4. The molecule has 0 heterocycles. The van der Waals surface area contributed by atoms with Gasteiger partial charge in [0, 0.05) is 6.07 Å². The normalized spacial score (nSPS) is 10.1. The molecule has 0 unspecified atom stereocenters. The van der Waals surface area contributed by atoms with E-state index in [1.54, 1.807) is 0 Å². The molecule has 104 valence electrons. The van der Waals surface area contributed by atoms with E-state index in [0.717, 1.165) is 5.75 Å². The maximum Gasteiger partial charge on any atom is 0.163 e. The molecule has 0 radical (unpaired) electrons. The van der Waals surface area contributed by atoms with Crippen molar-refractivity contribution in [2.75, 3.05) is 13.2 Å². The molecule has 20 heavy (non-hydrogen) atoms. The molecule has 2 rings (SSSR count). The molecule has 3 nitrogen and oxygen atoms in total. The minimum Gasteiger partial charge on any atom is -0.490 e. The van der Waals surface area contributed by atoms with Crippen molar-refractivity contribution in [2.24, 2.45) is 0 Å². The van der Waals surface area contributed by atoms with Crippen molar-refractivity contribution in [3.05, 3.63) is 59.9 Å². The van der Waals surface area contributed by atoms with E-state index < -0.39 is 5.82 Å². The first-order chi connectivity index (χ1) is 9.66. The topological polar surface area (TPSA) is 35.5 Å². The molecular weight excluding hydrogens is 259 g/mol. The van der Waals surface area contributed by atoms with Gasteiger partial charge >= 0.3 is 0 Å². The third-order valence-corrected chi connectivity index (χ3v) is 2.68. The Hall–Kier alpha value is -2.36. The first-order valence-electron chi connectivity index (χ1n) is 6.28. The van der Waals surface area contributed by atoms with E-state index in [4.69, 9.17) is 9.47 Å². The lowest BCUT2D eigenvalue weighted by Crippen LogP contribution is -2.11. The Morgan fingerprint density at radius 2 is 1.75 bits per heavy atom. The summed E-state index contributed by atoms with van der Waals surface area (Å²) in [6.07, 6.45) is 0. The Morgan fingerprint density at radius 3 is 2.45 bits per heavy atom. The monoisotopic (exact) mass is 274 g/mol. The summed E-state index contributed by atoms with van der Waals surface area (Å²) in [4.78, 5) is 11.4. The first-order valence-corrected chi connectivity index (χ1v) is 6.28. The van der Waals surface area contributed by atoms with Gasteiger partial charge in [0.25, 0.3) is 0 Å². The maximum absolute atomic E-state index is 13.2. The van der Waals surface area contributed by atoms with Crippen LogP contribution in [0.25, 0.3) is 0 Å². The number of ketones is 1. The lowest BCUT2D eigenvalue weighted by Gasteiger charge is -2.11. The second-order valence-corrected chi connectivity index (χ2v) is 4.21. The zero-order valence-corrected chi connectivity index (χ0v) is 11.1. The summed E-state index contributed by atoms with van der Waals surface area (Å²) >= 11 is 0. The molecule has 0 bridgehead atoms. The largest absolute Gasteiger partial charge is 0.490 e. The Balaban J connectivity index is 1.91. The molecule has 0 aliphatic carbocycles. The Morgan fingerprint density at radius 1 is 1.05 bits per heavy atom. The van der Waals surface area contributed by atoms with Crippen LogP contribution in [0.2, 0.25) is 0 Å². The number of hydrogen-bond donors (Lipinski definition) is 0. The van der Waals surface area contributed by atoms with Crippen LogP contribution in [0.5, 0.6) is 11.5 Å². The second-order valence-electron chi connectivity index (χ2n) is 4.21. The fraction of sp³-hybridized carbons (Fsp3) is 0.188. The number of halogens is 1. The van der Waals surface area contributed by atoms with E-state index >= 15 is 0 Å². The first kappa shape index (κ1) is 14.1. The van der Waals surface area contributed by atoms with E-state index in [0.29, 0.717) is 12.2 Å². The number of para-hydroxylation sites is 1. The van der Waals surface area contributed by atoms with Crippen molar-refractivity contribution in [3.8, 4) is 11.5 Å². The average Bonchev–Trinajstić information content (AvgIpc) is 2.44. The van der Waals surface area contributed by atoms with Gasteiger partial charge in [0.1, 0.15) is 30.5 Å². The average molecular weight is 274 g/mol. The molecule has 0 atom stereocenters. The number of carbonyl (C=O) groups is 1. The lowest BCUT2D eigenvalue weighted by molar-refractivity contribution is 0.101. The predicted molar refractivity (Wildman–Crippen MR) is 73.8 cm³/mol. The second kappa shape index (κ2) is 6.70. The zero-order valence-electron chi connectivity index (χ0n) is 11.1. The Kier molecular flexibility index (Phi) is 4.71. The van der Waals surface area contributed by atoms with Crippen LogP contribution in [-0.2, 0) is 0 Å². The van der Waals surface area contributed by atoms with Gasteiger partial charge in [0.2, 0.25) is 0 Å². The van der Waals surface area contributed by atoms with E-state index in [-0.39, 0.29) is 18.1 Å². The third kappa shape index (κ3) is 3.82. The molecule has 0 aromatic heterocycles. The molecule has 2 aromatic carbocycles. The summed E-state index contributed by atoms with van der Waals surface area (Å²) in [6, 6.07) is 13.2. The van der Waals surface area contributed by atoms with Gasteiger partial charge in [-0.15, -0.1) is 0 Å². The van der Waals surface area contributed by atoms with Crippen molar-refractivity contribution in [3.63, 3.8) is 0 Å². The predicted octanol–water partition coefficient (Wildman–Crippen LogP) is 3.49. The third-order valence-electron chi connectivity index (χ3n) is 2.68. The van der Waals surface area contributed by atoms with Crippen molar-refractivity contribution in [1.29, 1.82) is 0 Å². The van der Waals surface area contributed by atoms with Crippen molar-refractivity contribution in [2.45, 2.75) is 6.92 Å². The quantitative estimate of drug-likeness (QED) is 0.597. The lowest BCUT2D eigenvalue weighted by atomic mass is 10.1. The number of hydrogen-bond acceptors (Lipinski definition) is 3. The van der Waals surface area contributed by atoms with Crippen LogP contribution >= 0.6 is 0 Å². The van der Waals surface area contributed by atoms with Crippen molar-refractivity contribution < 1.29 is 18.7 Å². The van der Waals surface area contributed by atoms with Gasteiger partial charge in [0.15, 0.2) is 5.78 Å². The standard InChI is InChI=1S/C16H15FO3/c1-12(18)15-8-7-13(17)11-16(15)20-10-9-19-14-5-3-2-4-6-14/h2-8,11H,9-10H2,1H3. The summed E-state index contributed by atoms with van der Waals surface area (Å²) in [5.74, 6) is 0.384. The number of benzene rings is 2. The van der Waals surface area contributed by atoms with Crippen molar-refractivity contribution in [1.82, 2.24) is 0 Å². The highest BCUT2D eigenvalue weighted by Gasteiger charge is 2.09. The molecule has 0 fully saturated rings. The van der Waals surface area contributed by atoms with Crippen LogP contribution < -0.4 is 9.47 Å². The van der Waals surface area contributed by atoms with Gasteiger partial charge in [-0.1, -0.05) is 18.2 Å². The molecule has 0 amide bonds. The summed E-state index contributed by atoms with van der Waals surface area (Å²) in [5.41, 5.74) is 0.367. The van der Waals surface area contributed by atoms with Crippen LogP contribution in [0.15, 0.2) is 48.5 Å². The molecular formula is C16H15FO3. The van der Waals surface area contributed by atoms with Gasteiger partial charge < -0.3 is 9.47 Å². The molecule has 0 saturated carbocycles. The highest BCUT2D eigenvalue weighted by molar-refractivity contribution is 5.96. The Bertz CT molecular complexity index is 582. The summed E-state index contributed by atoms with van der Waals surface area (Å²) in [7, 11) is 0. The molecule has 0 N–H and O–H groups in total. The smallest absolute Gasteiger partial charge is 0.163 e. The van der Waals surface area contributed by atoms with Gasteiger partial charge in [-0.25, -0.2) is 4.39 Å². The van der Waals surface area contributed by atoms with Gasteiger partial charge in [-0.05, 0) is 31.2 Å². The van der Waals surface area contributed by atoms with Crippen LogP contribution in [-0.4, -0.2) is 19.0 Å². The molecule has 0 saturated heterocycles. The minimum absolute atomic E-state index is 0.163. The fourth-order valence-electron chi connectivity index (χ4n) is 1.73. The number of carbonyl (C=O) groups excluding carboxylic acids is 1. The summed E-state index contributed by atoms with van der Waals surface area (Å²) in [6.45, 7) is 1.97. The van der Waals surface area contributed by atoms with Crippen LogP contribution in [0.4, 0.5) is 4.39 Å². The van der Waals surface area contributed by atoms with E-state index in [1.807, 2.05) is 30.3 Å².